The molecule has 1 aromatic rings. The van der Waals surface area contributed by atoms with Crippen molar-refractivity contribution in [1.29, 1.82) is 0 Å². The van der Waals surface area contributed by atoms with Gasteiger partial charge in [0.2, 0.25) is 11.8 Å². The first-order valence-electron chi connectivity index (χ1n) is 5.35. The molecule has 0 saturated carbocycles. The number of benzene rings is 1. The monoisotopic (exact) mass is 236 g/mol. The zero-order chi connectivity index (χ0) is 12.5. The van der Waals surface area contributed by atoms with Crippen molar-refractivity contribution in [3.05, 3.63) is 35.9 Å². The highest BCUT2D eigenvalue weighted by atomic mass is 16.5. The first-order valence-corrected chi connectivity index (χ1v) is 5.35. The minimum Gasteiger partial charge on any atom is -0.375 e. The number of carbonyl (C=O) groups excluding carboxylic acids is 2. The number of amides is 2. The molecular weight excluding hydrogens is 220 g/mol. The van der Waals surface area contributed by atoms with Gasteiger partial charge in [-0.3, -0.25) is 9.59 Å². The van der Waals surface area contributed by atoms with Crippen LogP contribution < -0.4 is 11.1 Å². The van der Waals surface area contributed by atoms with Gasteiger partial charge in [-0.15, -0.1) is 0 Å². The summed E-state index contributed by atoms with van der Waals surface area (Å²) in [4.78, 5) is 21.4. The fourth-order valence-corrected chi connectivity index (χ4v) is 1.25. The molecular formula is C12H16N2O3. The minimum atomic E-state index is -0.632. The van der Waals surface area contributed by atoms with Gasteiger partial charge in [0.1, 0.15) is 6.42 Å². The summed E-state index contributed by atoms with van der Waals surface area (Å²) in [5.41, 5.74) is 5.95. The molecule has 5 heteroatoms. The average molecular weight is 236 g/mol. The largest absolute Gasteiger partial charge is 0.375 e. The van der Waals surface area contributed by atoms with Crippen LogP contribution in [0.3, 0.4) is 0 Å². The molecule has 0 heterocycles. The summed E-state index contributed by atoms with van der Waals surface area (Å²) in [6.07, 6.45) is -0.279. The number of primary amides is 1. The minimum absolute atomic E-state index is 0.279. The number of hydrogen-bond acceptors (Lipinski definition) is 3. The summed E-state index contributed by atoms with van der Waals surface area (Å²) in [5.74, 6) is -1.01. The molecule has 2 amide bonds. The van der Waals surface area contributed by atoms with Crippen molar-refractivity contribution in [2.75, 3.05) is 13.2 Å². The topological polar surface area (TPSA) is 81.4 Å². The van der Waals surface area contributed by atoms with Gasteiger partial charge in [0, 0.05) is 6.54 Å². The van der Waals surface area contributed by atoms with Gasteiger partial charge >= 0.3 is 0 Å². The highest BCUT2D eigenvalue weighted by molar-refractivity contribution is 5.95. The van der Waals surface area contributed by atoms with Gasteiger partial charge in [-0.2, -0.15) is 0 Å². The van der Waals surface area contributed by atoms with Crippen LogP contribution in [-0.4, -0.2) is 25.0 Å². The molecule has 1 rings (SSSR count). The highest BCUT2D eigenvalue weighted by Crippen LogP contribution is 1.99. The molecule has 0 spiro atoms. The first kappa shape index (κ1) is 13.2. The third kappa shape index (κ3) is 6.32. The molecule has 17 heavy (non-hydrogen) atoms. The summed E-state index contributed by atoms with van der Waals surface area (Å²) in [5, 5.41) is 2.54. The lowest BCUT2D eigenvalue weighted by atomic mass is 10.2. The second-order valence-electron chi connectivity index (χ2n) is 3.53. The van der Waals surface area contributed by atoms with E-state index in [1.165, 1.54) is 0 Å². The molecule has 0 radical (unpaired) electrons. The lowest BCUT2D eigenvalue weighted by molar-refractivity contribution is -0.127. The number of carbonyl (C=O) groups is 2. The van der Waals surface area contributed by atoms with Crippen molar-refractivity contribution in [3.8, 4) is 0 Å². The van der Waals surface area contributed by atoms with E-state index in [9.17, 15) is 9.59 Å². The molecule has 0 bridgehead atoms. The van der Waals surface area contributed by atoms with E-state index in [1.54, 1.807) is 0 Å². The third-order valence-corrected chi connectivity index (χ3v) is 2.01. The zero-order valence-electron chi connectivity index (χ0n) is 9.52. The standard InChI is InChI=1S/C12H16N2O3/c13-11(15)8-12(16)14-6-7-17-9-10-4-2-1-3-5-10/h1-5H,6-9H2,(H2,13,15)(H,14,16). The van der Waals surface area contributed by atoms with E-state index in [4.69, 9.17) is 10.5 Å². The van der Waals surface area contributed by atoms with Gasteiger partial charge in [-0.05, 0) is 5.56 Å². The summed E-state index contributed by atoms with van der Waals surface area (Å²) in [6.45, 7) is 1.28. The van der Waals surface area contributed by atoms with Crippen molar-refractivity contribution in [3.63, 3.8) is 0 Å². The van der Waals surface area contributed by atoms with Crippen LogP contribution in [0.5, 0.6) is 0 Å². The Morgan fingerprint density at radius 1 is 1.24 bits per heavy atom. The molecule has 0 aliphatic rings. The maximum atomic E-state index is 11.0. The van der Waals surface area contributed by atoms with Gasteiger partial charge in [-0.1, -0.05) is 30.3 Å². The second kappa shape index (κ2) is 7.40. The molecule has 0 saturated heterocycles. The van der Waals surface area contributed by atoms with Crippen LogP contribution in [0, 0.1) is 0 Å². The van der Waals surface area contributed by atoms with Gasteiger partial charge < -0.3 is 15.8 Å². The van der Waals surface area contributed by atoms with Gasteiger partial charge in [0.15, 0.2) is 0 Å². The van der Waals surface area contributed by atoms with E-state index in [0.29, 0.717) is 19.8 Å². The van der Waals surface area contributed by atoms with E-state index in [0.717, 1.165) is 5.56 Å². The van der Waals surface area contributed by atoms with E-state index < -0.39 is 5.91 Å². The Morgan fingerprint density at radius 3 is 2.59 bits per heavy atom. The SMILES string of the molecule is NC(=O)CC(=O)NCCOCc1ccccc1. The summed E-state index contributed by atoms with van der Waals surface area (Å²) in [7, 11) is 0. The maximum Gasteiger partial charge on any atom is 0.229 e. The quantitative estimate of drug-likeness (QED) is 0.524. The molecule has 0 atom stereocenters. The van der Waals surface area contributed by atoms with Crippen LogP contribution in [-0.2, 0) is 20.9 Å². The van der Waals surface area contributed by atoms with E-state index in [-0.39, 0.29) is 12.3 Å². The van der Waals surface area contributed by atoms with Crippen LogP contribution in [0.4, 0.5) is 0 Å². The summed E-state index contributed by atoms with van der Waals surface area (Å²) < 4.78 is 5.34. The van der Waals surface area contributed by atoms with Crippen molar-refractivity contribution >= 4 is 11.8 Å². The highest BCUT2D eigenvalue weighted by Gasteiger charge is 2.03. The predicted octanol–water partition coefficient (Wildman–Crippen LogP) is 0.195. The Balaban J connectivity index is 2.05. The smallest absolute Gasteiger partial charge is 0.229 e. The predicted molar refractivity (Wildman–Crippen MR) is 62.9 cm³/mol. The number of nitrogens with one attached hydrogen (secondary N) is 1. The number of rotatable bonds is 7. The second-order valence-corrected chi connectivity index (χ2v) is 3.53. The van der Waals surface area contributed by atoms with Crippen LogP contribution in [0.15, 0.2) is 30.3 Å². The molecule has 1 aromatic carbocycles. The average Bonchev–Trinajstić information content (AvgIpc) is 2.29. The van der Waals surface area contributed by atoms with E-state index in [1.807, 2.05) is 30.3 Å². The van der Waals surface area contributed by atoms with Crippen LogP contribution >= 0.6 is 0 Å². The van der Waals surface area contributed by atoms with E-state index >= 15 is 0 Å². The molecule has 0 aromatic heterocycles. The number of ether oxygens (including phenoxy) is 1. The maximum absolute atomic E-state index is 11.0. The number of nitrogens with two attached hydrogens (primary N) is 1. The molecule has 5 nitrogen and oxygen atoms in total. The summed E-state index contributed by atoms with van der Waals surface area (Å²) in [6, 6.07) is 9.74. The fraction of sp³-hybridized carbons (Fsp3) is 0.333. The molecule has 0 unspecified atom stereocenters. The molecule has 0 aliphatic heterocycles. The molecule has 92 valence electrons. The molecule has 0 aliphatic carbocycles. The lowest BCUT2D eigenvalue weighted by Crippen LogP contribution is -2.30. The Labute approximate surface area is 99.9 Å². The van der Waals surface area contributed by atoms with Crippen molar-refractivity contribution in [2.24, 2.45) is 5.73 Å². The Kier molecular flexibility index (Phi) is 5.74. The Bertz CT molecular complexity index is 365. The third-order valence-electron chi connectivity index (χ3n) is 2.01. The lowest BCUT2D eigenvalue weighted by Gasteiger charge is -2.05. The molecule has 0 fully saturated rings. The normalized spacial score (nSPS) is 9.88. The fourth-order valence-electron chi connectivity index (χ4n) is 1.25. The van der Waals surface area contributed by atoms with Crippen LogP contribution in [0.2, 0.25) is 0 Å². The van der Waals surface area contributed by atoms with Crippen molar-refractivity contribution < 1.29 is 14.3 Å². The van der Waals surface area contributed by atoms with Crippen molar-refractivity contribution in [1.82, 2.24) is 5.32 Å². The van der Waals surface area contributed by atoms with Gasteiger partial charge in [0.25, 0.3) is 0 Å². The van der Waals surface area contributed by atoms with Gasteiger partial charge in [-0.25, -0.2) is 0 Å². The number of hydrogen-bond donors (Lipinski definition) is 2. The summed E-state index contributed by atoms with van der Waals surface area (Å²) >= 11 is 0. The van der Waals surface area contributed by atoms with Crippen LogP contribution in [0.25, 0.3) is 0 Å². The van der Waals surface area contributed by atoms with Crippen LogP contribution in [0.1, 0.15) is 12.0 Å². The Hall–Kier alpha value is -1.88. The Morgan fingerprint density at radius 2 is 1.94 bits per heavy atom. The van der Waals surface area contributed by atoms with E-state index in [2.05, 4.69) is 5.32 Å². The molecule has 3 N–H and O–H groups in total. The first-order chi connectivity index (χ1) is 8.18. The van der Waals surface area contributed by atoms with Gasteiger partial charge in [0.05, 0.1) is 13.2 Å². The van der Waals surface area contributed by atoms with Crippen molar-refractivity contribution in [2.45, 2.75) is 13.0 Å². The zero-order valence-corrected chi connectivity index (χ0v) is 9.52.